The van der Waals surface area contributed by atoms with E-state index in [0.717, 1.165) is 51.5 Å². The third-order valence-corrected chi connectivity index (χ3v) is 5.24. The van der Waals surface area contributed by atoms with Crippen LogP contribution in [0, 0.1) is 0 Å². The van der Waals surface area contributed by atoms with Gasteiger partial charge in [-0.2, -0.15) is 11.8 Å². The lowest BCUT2D eigenvalue weighted by molar-refractivity contribution is -0.117. The first-order valence-corrected chi connectivity index (χ1v) is 9.57. The number of thioether (sulfide) groups is 1. The third kappa shape index (κ3) is 8.65. The summed E-state index contributed by atoms with van der Waals surface area (Å²) in [4.78, 5) is 16.9. The van der Waals surface area contributed by atoms with Crippen LogP contribution in [0.3, 0.4) is 0 Å². The van der Waals surface area contributed by atoms with Crippen LogP contribution in [-0.4, -0.2) is 73.0 Å². The number of rotatable bonds is 5. The normalized spacial score (nSPS) is 18.0. The highest BCUT2D eigenvalue weighted by atomic mass is 35.5. The van der Waals surface area contributed by atoms with Crippen molar-refractivity contribution in [3.05, 3.63) is 29.8 Å². The molecule has 2 saturated heterocycles. The van der Waals surface area contributed by atoms with Gasteiger partial charge in [0.15, 0.2) is 0 Å². The van der Waals surface area contributed by atoms with Crippen molar-refractivity contribution in [3.63, 3.8) is 0 Å². The zero-order valence-electron chi connectivity index (χ0n) is 14.8. The summed E-state index contributed by atoms with van der Waals surface area (Å²) in [5.41, 5.74) is 2.19. The molecule has 0 aromatic heterocycles. The molecule has 1 aromatic carbocycles. The van der Waals surface area contributed by atoms with Gasteiger partial charge in [0.25, 0.3) is 0 Å². The van der Waals surface area contributed by atoms with Gasteiger partial charge in [0.2, 0.25) is 5.91 Å². The van der Waals surface area contributed by atoms with Gasteiger partial charge in [0.1, 0.15) is 0 Å². The Morgan fingerprint density at radius 1 is 1.04 bits per heavy atom. The molecule has 0 spiro atoms. The number of hydrogen-bond donors (Lipinski definition) is 2. The Morgan fingerprint density at radius 3 is 2.42 bits per heavy atom. The number of hydrogen-bond acceptors (Lipinski definition) is 5. The summed E-state index contributed by atoms with van der Waals surface area (Å²) in [5.74, 6) is 2.53. The van der Waals surface area contributed by atoms with E-state index in [1.54, 1.807) is 0 Å². The molecule has 1 aromatic rings. The second kappa shape index (κ2) is 13.9. The van der Waals surface area contributed by atoms with Crippen LogP contribution in [-0.2, 0) is 11.3 Å². The maximum atomic E-state index is 12.2. The van der Waals surface area contributed by atoms with Gasteiger partial charge in [-0.25, -0.2) is 0 Å². The van der Waals surface area contributed by atoms with Crippen molar-refractivity contribution in [1.29, 1.82) is 0 Å². The molecule has 2 N–H and O–H groups in total. The second-order valence-corrected chi connectivity index (χ2v) is 7.39. The Kier molecular flexibility index (Phi) is 13.8. The van der Waals surface area contributed by atoms with Crippen LogP contribution >= 0.6 is 49.0 Å². The number of carbonyl (C=O) groups excluding carboxylic acids is 1. The molecule has 150 valence electrons. The molecule has 2 aliphatic rings. The van der Waals surface area contributed by atoms with Crippen LogP contribution in [0.1, 0.15) is 5.56 Å². The summed E-state index contributed by atoms with van der Waals surface area (Å²) in [6, 6.07) is 8.27. The van der Waals surface area contributed by atoms with Crippen molar-refractivity contribution in [2.24, 2.45) is 0 Å². The monoisotopic (exact) mass is 442 g/mol. The zero-order valence-corrected chi connectivity index (χ0v) is 18.1. The molecular weight excluding hydrogens is 415 g/mol. The van der Waals surface area contributed by atoms with Crippen LogP contribution in [0.2, 0.25) is 0 Å². The number of benzene rings is 1. The Labute approximate surface area is 179 Å². The number of nitrogens with zero attached hydrogens (tertiary/aromatic N) is 2. The zero-order chi connectivity index (χ0) is 15.9. The molecule has 0 aliphatic carbocycles. The van der Waals surface area contributed by atoms with Crippen molar-refractivity contribution in [2.45, 2.75) is 6.54 Å². The molecule has 2 heterocycles. The highest BCUT2D eigenvalue weighted by Crippen LogP contribution is 2.16. The summed E-state index contributed by atoms with van der Waals surface area (Å²) in [6.45, 7) is 7.60. The summed E-state index contributed by atoms with van der Waals surface area (Å²) < 4.78 is 0. The predicted octanol–water partition coefficient (Wildman–Crippen LogP) is 2.34. The molecule has 0 atom stereocenters. The topological polar surface area (TPSA) is 47.6 Å². The maximum absolute atomic E-state index is 12.2. The van der Waals surface area contributed by atoms with Crippen LogP contribution in [0.15, 0.2) is 24.3 Å². The average molecular weight is 444 g/mol. The van der Waals surface area contributed by atoms with Gasteiger partial charge < -0.3 is 10.6 Å². The standard InChI is InChI=1S/C17H26N4OS.3ClH/c22-17(14-20-6-4-18-5-7-20)19-16-3-1-2-15(12-16)13-21-8-10-23-11-9-21;;;/h1-3,12,18H,4-11,13-14H2,(H,19,22);3*1H. The SMILES string of the molecule is Cl.Cl.Cl.O=C(CN1CCNCC1)Nc1cccc(CN2CCSCC2)c1. The molecule has 9 heteroatoms. The molecule has 26 heavy (non-hydrogen) atoms. The van der Waals surface area contributed by atoms with E-state index in [0.29, 0.717) is 6.54 Å². The Balaban J connectivity index is 0.00000208. The molecule has 0 radical (unpaired) electrons. The van der Waals surface area contributed by atoms with E-state index in [-0.39, 0.29) is 43.1 Å². The molecule has 0 saturated carbocycles. The second-order valence-electron chi connectivity index (χ2n) is 6.16. The summed E-state index contributed by atoms with van der Waals surface area (Å²) in [6.07, 6.45) is 0. The van der Waals surface area contributed by atoms with Gasteiger partial charge in [0.05, 0.1) is 6.54 Å². The van der Waals surface area contributed by atoms with Crippen LogP contribution in [0.5, 0.6) is 0 Å². The molecule has 2 aliphatic heterocycles. The molecule has 2 fully saturated rings. The lowest BCUT2D eigenvalue weighted by Gasteiger charge is -2.27. The largest absolute Gasteiger partial charge is 0.325 e. The minimum atomic E-state index is 0. The van der Waals surface area contributed by atoms with Gasteiger partial charge in [-0.3, -0.25) is 14.6 Å². The summed E-state index contributed by atoms with van der Waals surface area (Å²) >= 11 is 2.03. The van der Waals surface area contributed by atoms with E-state index in [1.807, 2.05) is 23.9 Å². The van der Waals surface area contributed by atoms with E-state index in [4.69, 9.17) is 0 Å². The van der Waals surface area contributed by atoms with Gasteiger partial charge in [-0.05, 0) is 17.7 Å². The minimum Gasteiger partial charge on any atom is -0.325 e. The Bertz CT molecular complexity index is 526. The fourth-order valence-corrected chi connectivity index (χ4v) is 4.02. The number of halogens is 3. The number of nitrogens with one attached hydrogen (secondary N) is 2. The lowest BCUT2D eigenvalue weighted by atomic mass is 10.2. The van der Waals surface area contributed by atoms with Gasteiger partial charge in [0, 0.05) is 63.0 Å². The summed E-state index contributed by atoms with van der Waals surface area (Å²) in [7, 11) is 0. The number of amides is 1. The van der Waals surface area contributed by atoms with Crippen LogP contribution in [0.4, 0.5) is 5.69 Å². The number of carbonyl (C=O) groups is 1. The molecule has 5 nitrogen and oxygen atoms in total. The first-order chi connectivity index (χ1) is 11.3. The van der Waals surface area contributed by atoms with Crippen molar-refractivity contribution in [2.75, 3.05) is 62.6 Å². The third-order valence-electron chi connectivity index (χ3n) is 4.30. The van der Waals surface area contributed by atoms with E-state index < -0.39 is 0 Å². The Morgan fingerprint density at radius 2 is 1.73 bits per heavy atom. The minimum absolute atomic E-state index is 0. The molecule has 0 unspecified atom stereocenters. The van der Waals surface area contributed by atoms with Crippen molar-refractivity contribution in [1.82, 2.24) is 15.1 Å². The van der Waals surface area contributed by atoms with Gasteiger partial charge >= 0.3 is 0 Å². The molecular formula is C17H29Cl3N4OS. The average Bonchev–Trinajstić information content (AvgIpc) is 2.57. The van der Waals surface area contributed by atoms with Crippen LogP contribution in [0.25, 0.3) is 0 Å². The lowest BCUT2D eigenvalue weighted by Crippen LogP contribution is -2.46. The first-order valence-electron chi connectivity index (χ1n) is 8.41. The molecule has 3 rings (SSSR count). The van der Waals surface area contributed by atoms with E-state index in [2.05, 4.69) is 32.6 Å². The highest BCUT2D eigenvalue weighted by Gasteiger charge is 2.14. The van der Waals surface area contributed by atoms with Crippen molar-refractivity contribution in [3.8, 4) is 0 Å². The molecule has 1 amide bonds. The van der Waals surface area contributed by atoms with E-state index >= 15 is 0 Å². The fraction of sp³-hybridized carbons (Fsp3) is 0.588. The smallest absolute Gasteiger partial charge is 0.238 e. The fourth-order valence-electron chi connectivity index (χ4n) is 3.04. The molecule has 0 bridgehead atoms. The van der Waals surface area contributed by atoms with E-state index in [9.17, 15) is 4.79 Å². The first kappa shape index (κ1) is 25.8. The number of anilines is 1. The highest BCUT2D eigenvalue weighted by molar-refractivity contribution is 7.99. The predicted molar refractivity (Wildman–Crippen MR) is 119 cm³/mol. The maximum Gasteiger partial charge on any atom is 0.238 e. The summed E-state index contributed by atoms with van der Waals surface area (Å²) in [5, 5.41) is 6.35. The quantitative estimate of drug-likeness (QED) is 0.731. The van der Waals surface area contributed by atoms with Crippen molar-refractivity contribution >= 4 is 60.6 Å². The Hall–Kier alpha value is -0.210. The van der Waals surface area contributed by atoms with Gasteiger partial charge in [-0.15, -0.1) is 37.2 Å². The van der Waals surface area contributed by atoms with Gasteiger partial charge in [-0.1, -0.05) is 12.1 Å². The number of piperazine rings is 1. The van der Waals surface area contributed by atoms with Crippen LogP contribution < -0.4 is 10.6 Å². The van der Waals surface area contributed by atoms with Crippen molar-refractivity contribution < 1.29 is 4.79 Å². The van der Waals surface area contributed by atoms with E-state index in [1.165, 1.54) is 17.1 Å².